The molecule has 2 aliphatic heterocycles. The van der Waals surface area contributed by atoms with Gasteiger partial charge in [0.15, 0.2) is 0 Å². The first-order valence-corrected chi connectivity index (χ1v) is 7.39. The lowest BCUT2D eigenvalue weighted by Gasteiger charge is -2.28. The molecule has 106 valence electrons. The normalized spacial score (nSPS) is 31.0. The first-order valence-electron chi connectivity index (χ1n) is 7.39. The number of nitrogens with one attached hydrogen (secondary N) is 1. The largest absolute Gasteiger partial charge is 0.381 e. The van der Waals surface area contributed by atoms with Crippen LogP contribution in [-0.4, -0.2) is 63.5 Å². The van der Waals surface area contributed by atoms with E-state index in [1.165, 1.54) is 25.8 Å². The maximum Gasteiger partial charge on any atom is 0.0710 e. The van der Waals surface area contributed by atoms with Gasteiger partial charge in [0.25, 0.3) is 0 Å². The fraction of sp³-hybridized carbons (Fsp3) is 1.00. The molecular weight excluding hydrogens is 228 g/mol. The van der Waals surface area contributed by atoms with Gasteiger partial charge in [-0.2, -0.15) is 0 Å². The highest BCUT2D eigenvalue weighted by Gasteiger charge is 2.30. The van der Waals surface area contributed by atoms with Crippen molar-refractivity contribution in [1.29, 1.82) is 0 Å². The molecule has 0 aliphatic carbocycles. The van der Waals surface area contributed by atoms with Crippen LogP contribution in [0, 0.1) is 5.92 Å². The van der Waals surface area contributed by atoms with Crippen molar-refractivity contribution < 1.29 is 9.47 Å². The molecule has 2 aliphatic rings. The lowest BCUT2D eigenvalue weighted by atomic mass is 9.98. The number of ether oxygens (including phenoxy) is 2. The molecule has 0 radical (unpaired) electrons. The zero-order chi connectivity index (χ0) is 12.8. The molecule has 4 heteroatoms. The standard InChI is InChI=1S/C14H28N2O2/c1-3-6-15-14(12-5-8-18-11-12)10-16-7-4-13(9-16)17-2/h12-15H,3-11H2,1-2H3. The van der Waals surface area contributed by atoms with Gasteiger partial charge in [-0.15, -0.1) is 0 Å². The summed E-state index contributed by atoms with van der Waals surface area (Å²) in [6, 6.07) is 0.586. The molecule has 2 saturated heterocycles. The van der Waals surface area contributed by atoms with Crippen molar-refractivity contribution in [2.45, 2.75) is 38.3 Å². The van der Waals surface area contributed by atoms with E-state index in [0.29, 0.717) is 18.1 Å². The Morgan fingerprint density at radius 2 is 2.33 bits per heavy atom. The topological polar surface area (TPSA) is 33.7 Å². The summed E-state index contributed by atoms with van der Waals surface area (Å²) >= 11 is 0. The molecule has 0 amide bonds. The molecule has 0 spiro atoms. The average Bonchev–Trinajstić information content (AvgIpc) is 3.05. The minimum atomic E-state index is 0.441. The molecule has 3 atom stereocenters. The number of hydrogen-bond acceptors (Lipinski definition) is 4. The van der Waals surface area contributed by atoms with Crippen molar-refractivity contribution in [3.05, 3.63) is 0 Å². The lowest BCUT2D eigenvalue weighted by Crippen LogP contribution is -2.46. The highest BCUT2D eigenvalue weighted by Crippen LogP contribution is 2.20. The van der Waals surface area contributed by atoms with E-state index in [0.717, 1.165) is 32.8 Å². The zero-order valence-electron chi connectivity index (χ0n) is 11.9. The summed E-state index contributed by atoms with van der Waals surface area (Å²) in [5, 5.41) is 3.71. The minimum Gasteiger partial charge on any atom is -0.381 e. The fourth-order valence-corrected chi connectivity index (χ4v) is 3.01. The van der Waals surface area contributed by atoms with E-state index in [1.807, 2.05) is 7.11 Å². The first-order chi connectivity index (χ1) is 8.83. The number of nitrogens with zero attached hydrogens (tertiary/aromatic N) is 1. The smallest absolute Gasteiger partial charge is 0.0710 e. The van der Waals surface area contributed by atoms with E-state index in [1.54, 1.807) is 0 Å². The number of methoxy groups -OCH3 is 1. The van der Waals surface area contributed by atoms with Gasteiger partial charge in [0.1, 0.15) is 0 Å². The first kappa shape index (κ1) is 14.3. The predicted octanol–water partition coefficient (Wildman–Crippen LogP) is 1.11. The highest BCUT2D eigenvalue weighted by molar-refractivity contribution is 4.85. The van der Waals surface area contributed by atoms with Gasteiger partial charge in [0.2, 0.25) is 0 Å². The highest BCUT2D eigenvalue weighted by atomic mass is 16.5. The Hall–Kier alpha value is -0.160. The van der Waals surface area contributed by atoms with Crippen molar-refractivity contribution >= 4 is 0 Å². The monoisotopic (exact) mass is 256 g/mol. The van der Waals surface area contributed by atoms with E-state index in [9.17, 15) is 0 Å². The maximum atomic E-state index is 5.54. The molecule has 2 rings (SSSR count). The van der Waals surface area contributed by atoms with E-state index >= 15 is 0 Å². The molecule has 2 fully saturated rings. The third-order valence-corrected chi connectivity index (χ3v) is 4.21. The minimum absolute atomic E-state index is 0.441. The maximum absolute atomic E-state index is 5.54. The van der Waals surface area contributed by atoms with Gasteiger partial charge < -0.3 is 14.8 Å². The molecule has 0 saturated carbocycles. The SMILES string of the molecule is CCCNC(CN1CCC(OC)C1)C1CCOC1. The number of hydrogen-bond donors (Lipinski definition) is 1. The van der Waals surface area contributed by atoms with E-state index < -0.39 is 0 Å². The van der Waals surface area contributed by atoms with Gasteiger partial charge in [-0.3, -0.25) is 4.90 Å². The van der Waals surface area contributed by atoms with Gasteiger partial charge >= 0.3 is 0 Å². The molecule has 0 aromatic rings. The summed E-state index contributed by atoms with van der Waals surface area (Å²) in [4.78, 5) is 2.54. The van der Waals surface area contributed by atoms with Crippen molar-refractivity contribution in [3.8, 4) is 0 Å². The lowest BCUT2D eigenvalue weighted by molar-refractivity contribution is 0.104. The van der Waals surface area contributed by atoms with Crippen LogP contribution in [0.2, 0.25) is 0 Å². The quantitative estimate of drug-likeness (QED) is 0.740. The van der Waals surface area contributed by atoms with Gasteiger partial charge in [0.05, 0.1) is 12.7 Å². The van der Waals surface area contributed by atoms with E-state index in [-0.39, 0.29) is 0 Å². The fourth-order valence-electron chi connectivity index (χ4n) is 3.01. The molecule has 3 unspecified atom stereocenters. The zero-order valence-corrected chi connectivity index (χ0v) is 11.9. The van der Waals surface area contributed by atoms with Crippen LogP contribution in [-0.2, 0) is 9.47 Å². The Morgan fingerprint density at radius 3 is 2.94 bits per heavy atom. The molecular formula is C14H28N2O2. The Balaban J connectivity index is 1.80. The second-order valence-corrected chi connectivity index (χ2v) is 5.59. The van der Waals surface area contributed by atoms with Crippen LogP contribution in [0.15, 0.2) is 0 Å². The van der Waals surface area contributed by atoms with Crippen molar-refractivity contribution in [2.75, 3.05) is 46.5 Å². The van der Waals surface area contributed by atoms with Crippen LogP contribution in [0.3, 0.4) is 0 Å². The Kier molecular flexibility index (Phi) is 5.89. The predicted molar refractivity (Wildman–Crippen MR) is 72.9 cm³/mol. The Bertz CT molecular complexity index is 232. The van der Waals surface area contributed by atoms with Crippen LogP contribution in [0.1, 0.15) is 26.2 Å². The molecule has 18 heavy (non-hydrogen) atoms. The molecule has 0 aromatic heterocycles. The van der Waals surface area contributed by atoms with Crippen LogP contribution >= 0.6 is 0 Å². The molecule has 0 bridgehead atoms. The second kappa shape index (κ2) is 7.43. The van der Waals surface area contributed by atoms with Gasteiger partial charge in [-0.25, -0.2) is 0 Å². The summed E-state index contributed by atoms with van der Waals surface area (Å²) in [7, 11) is 1.83. The summed E-state index contributed by atoms with van der Waals surface area (Å²) in [6.07, 6.45) is 4.03. The van der Waals surface area contributed by atoms with Crippen molar-refractivity contribution in [1.82, 2.24) is 10.2 Å². The van der Waals surface area contributed by atoms with E-state index in [2.05, 4.69) is 17.1 Å². The summed E-state index contributed by atoms with van der Waals surface area (Å²) in [5.41, 5.74) is 0. The van der Waals surface area contributed by atoms with Crippen molar-refractivity contribution in [3.63, 3.8) is 0 Å². The second-order valence-electron chi connectivity index (χ2n) is 5.59. The third-order valence-electron chi connectivity index (χ3n) is 4.21. The Labute approximate surface area is 111 Å². The van der Waals surface area contributed by atoms with E-state index in [4.69, 9.17) is 9.47 Å². The molecule has 0 aromatic carbocycles. The molecule has 2 heterocycles. The third kappa shape index (κ3) is 3.92. The van der Waals surface area contributed by atoms with Gasteiger partial charge in [-0.1, -0.05) is 6.92 Å². The van der Waals surface area contributed by atoms with Crippen molar-refractivity contribution in [2.24, 2.45) is 5.92 Å². The number of likely N-dealkylation sites (tertiary alicyclic amines) is 1. The van der Waals surface area contributed by atoms with Crippen LogP contribution in [0.4, 0.5) is 0 Å². The van der Waals surface area contributed by atoms with Gasteiger partial charge in [-0.05, 0) is 25.8 Å². The molecule has 1 N–H and O–H groups in total. The summed E-state index contributed by atoms with van der Waals surface area (Å²) < 4.78 is 11.0. The molecule has 4 nitrogen and oxygen atoms in total. The summed E-state index contributed by atoms with van der Waals surface area (Å²) in [5.74, 6) is 0.693. The summed E-state index contributed by atoms with van der Waals surface area (Å²) in [6.45, 7) is 8.63. The van der Waals surface area contributed by atoms with Crippen LogP contribution in [0.25, 0.3) is 0 Å². The van der Waals surface area contributed by atoms with Gasteiger partial charge in [0, 0.05) is 45.3 Å². The van der Waals surface area contributed by atoms with Crippen LogP contribution in [0.5, 0.6) is 0 Å². The Morgan fingerprint density at radius 1 is 1.44 bits per heavy atom. The number of rotatable bonds is 7. The van der Waals surface area contributed by atoms with Crippen LogP contribution < -0.4 is 5.32 Å². The average molecular weight is 256 g/mol.